The first-order valence-corrected chi connectivity index (χ1v) is 8.14. The molecule has 18 heavy (non-hydrogen) atoms. The molecule has 0 saturated heterocycles. The maximum atomic E-state index is 11.8. The van der Waals surface area contributed by atoms with Crippen molar-refractivity contribution in [1.29, 1.82) is 0 Å². The molecule has 1 atom stereocenters. The predicted molar refractivity (Wildman–Crippen MR) is 80.5 cm³/mol. The van der Waals surface area contributed by atoms with Gasteiger partial charge in [-0.05, 0) is 40.4 Å². The van der Waals surface area contributed by atoms with E-state index in [9.17, 15) is 4.79 Å². The fourth-order valence-corrected chi connectivity index (χ4v) is 3.06. The van der Waals surface area contributed by atoms with Crippen molar-refractivity contribution >= 4 is 33.0 Å². The molecule has 0 radical (unpaired) electrons. The van der Waals surface area contributed by atoms with Crippen molar-refractivity contribution in [2.24, 2.45) is 5.92 Å². The fourth-order valence-electron chi connectivity index (χ4n) is 1.75. The molecule has 1 unspecified atom stereocenters. The molecule has 0 aliphatic carbocycles. The Balaban J connectivity index is 2.26. The third kappa shape index (κ3) is 5.63. The number of ketones is 1. The van der Waals surface area contributed by atoms with Crippen molar-refractivity contribution in [2.45, 2.75) is 39.5 Å². The molecule has 0 saturated carbocycles. The summed E-state index contributed by atoms with van der Waals surface area (Å²) in [4.78, 5) is 12.6. The van der Waals surface area contributed by atoms with Gasteiger partial charge in [0, 0.05) is 6.61 Å². The van der Waals surface area contributed by atoms with Gasteiger partial charge in [-0.2, -0.15) is 0 Å². The average molecular weight is 333 g/mol. The number of carbonyl (C=O) groups is 1. The Bertz CT molecular complexity index is 362. The monoisotopic (exact) mass is 332 g/mol. The normalized spacial score (nSPS) is 12.6. The molecule has 1 aromatic heterocycles. The Morgan fingerprint density at radius 2 is 2.22 bits per heavy atom. The summed E-state index contributed by atoms with van der Waals surface area (Å²) in [5.74, 6) is 0.670. The Hall–Kier alpha value is -0.190. The van der Waals surface area contributed by atoms with Crippen molar-refractivity contribution in [2.75, 3.05) is 13.2 Å². The number of thiophene rings is 1. The molecular formula is C14H21BrO2S. The van der Waals surface area contributed by atoms with Gasteiger partial charge in [0.25, 0.3) is 0 Å². The molecule has 1 aromatic rings. The van der Waals surface area contributed by atoms with E-state index >= 15 is 0 Å². The van der Waals surface area contributed by atoms with E-state index in [0.29, 0.717) is 12.5 Å². The van der Waals surface area contributed by atoms with E-state index in [1.165, 1.54) is 30.6 Å². The van der Waals surface area contributed by atoms with Crippen molar-refractivity contribution in [1.82, 2.24) is 0 Å². The Morgan fingerprint density at radius 1 is 1.44 bits per heavy atom. The van der Waals surface area contributed by atoms with Gasteiger partial charge in [0.05, 0.1) is 8.66 Å². The number of carbonyl (C=O) groups excluding carboxylic acids is 1. The smallest absolute Gasteiger partial charge is 0.198 e. The zero-order chi connectivity index (χ0) is 13.4. The van der Waals surface area contributed by atoms with Crippen LogP contribution in [0.4, 0.5) is 0 Å². The van der Waals surface area contributed by atoms with Crippen LogP contribution in [0.15, 0.2) is 15.9 Å². The number of hydrogen-bond donors (Lipinski definition) is 0. The third-order valence-electron chi connectivity index (χ3n) is 2.98. The lowest BCUT2D eigenvalue weighted by atomic mass is 10.0. The van der Waals surface area contributed by atoms with Gasteiger partial charge >= 0.3 is 0 Å². The highest BCUT2D eigenvalue weighted by atomic mass is 79.9. The summed E-state index contributed by atoms with van der Waals surface area (Å²) >= 11 is 4.82. The summed E-state index contributed by atoms with van der Waals surface area (Å²) in [6.45, 7) is 5.29. The minimum Gasteiger partial charge on any atom is -0.373 e. The van der Waals surface area contributed by atoms with Gasteiger partial charge in [-0.3, -0.25) is 4.79 Å². The average Bonchev–Trinajstić information content (AvgIpc) is 2.80. The minimum atomic E-state index is 0.0797. The van der Waals surface area contributed by atoms with Gasteiger partial charge < -0.3 is 4.74 Å². The SMILES string of the molecule is CCCCC(CC)COCC(=O)c1ccc(Br)s1. The standard InChI is InChI=1S/C14H21BrO2S/c1-3-5-6-11(4-2)9-17-10-12(16)13-7-8-14(15)18-13/h7-8,11H,3-6,9-10H2,1-2H3. The van der Waals surface area contributed by atoms with Gasteiger partial charge in [-0.15, -0.1) is 11.3 Å². The van der Waals surface area contributed by atoms with Crippen LogP contribution >= 0.6 is 27.3 Å². The van der Waals surface area contributed by atoms with E-state index in [0.717, 1.165) is 15.1 Å². The van der Waals surface area contributed by atoms with Crippen LogP contribution in [-0.2, 0) is 4.74 Å². The Labute approximate surface area is 122 Å². The summed E-state index contributed by atoms with van der Waals surface area (Å²) < 4.78 is 6.54. The molecule has 0 N–H and O–H groups in total. The highest BCUT2D eigenvalue weighted by molar-refractivity contribution is 9.11. The van der Waals surface area contributed by atoms with Gasteiger partial charge in [0.2, 0.25) is 0 Å². The second-order valence-corrected chi connectivity index (χ2v) is 6.92. The quantitative estimate of drug-likeness (QED) is 0.599. The van der Waals surface area contributed by atoms with Crippen molar-refractivity contribution in [3.8, 4) is 0 Å². The van der Waals surface area contributed by atoms with Crippen LogP contribution in [0.5, 0.6) is 0 Å². The van der Waals surface area contributed by atoms with Gasteiger partial charge in [-0.1, -0.05) is 33.1 Å². The minimum absolute atomic E-state index is 0.0797. The van der Waals surface area contributed by atoms with Gasteiger partial charge in [-0.25, -0.2) is 0 Å². The van der Waals surface area contributed by atoms with E-state index in [2.05, 4.69) is 29.8 Å². The van der Waals surface area contributed by atoms with E-state index in [4.69, 9.17) is 4.74 Å². The molecule has 4 heteroatoms. The van der Waals surface area contributed by atoms with E-state index in [1.54, 1.807) is 0 Å². The molecule has 0 aliphatic heterocycles. The summed E-state index contributed by atoms with van der Waals surface area (Å²) in [5, 5.41) is 0. The maximum absolute atomic E-state index is 11.8. The summed E-state index contributed by atoms with van der Waals surface area (Å²) in [6, 6.07) is 3.74. The molecule has 2 nitrogen and oxygen atoms in total. The van der Waals surface area contributed by atoms with Gasteiger partial charge in [0.15, 0.2) is 5.78 Å². The zero-order valence-corrected chi connectivity index (χ0v) is 13.5. The maximum Gasteiger partial charge on any atom is 0.198 e. The number of unbranched alkanes of at least 4 members (excludes halogenated alkanes) is 1. The number of Topliss-reactive ketones (excluding diaryl/α,β-unsaturated/α-hetero) is 1. The summed E-state index contributed by atoms with van der Waals surface area (Å²) in [5.41, 5.74) is 0. The van der Waals surface area contributed by atoms with Crippen LogP contribution in [-0.4, -0.2) is 19.0 Å². The topological polar surface area (TPSA) is 26.3 Å². The van der Waals surface area contributed by atoms with Crippen LogP contribution in [0.1, 0.15) is 49.2 Å². The first-order chi connectivity index (χ1) is 8.67. The van der Waals surface area contributed by atoms with Crippen LogP contribution in [0.25, 0.3) is 0 Å². The molecule has 1 heterocycles. The van der Waals surface area contributed by atoms with Gasteiger partial charge in [0.1, 0.15) is 6.61 Å². The van der Waals surface area contributed by atoms with Crippen molar-refractivity contribution < 1.29 is 9.53 Å². The van der Waals surface area contributed by atoms with E-state index < -0.39 is 0 Å². The second kappa shape index (κ2) is 8.83. The first-order valence-electron chi connectivity index (χ1n) is 6.53. The lowest BCUT2D eigenvalue weighted by Gasteiger charge is -2.13. The van der Waals surface area contributed by atoms with Crippen LogP contribution in [0.3, 0.4) is 0 Å². The summed E-state index contributed by atoms with van der Waals surface area (Å²) in [6.07, 6.45) is 4.79. The Kier molecular flexibility index (Phi) is 7.79. The number of ether oxygens (including phenoxy) is 1. The van der Waals surface area contributed by atoms with Crippen LogP contribution < -0.4 is 0 Å². The number of hydrogen-bond acceptors (Lipinski definition) is 3. The zero-order valence-electron chi connectivity index (χ0n) is 11.1. The fraction of sp³-hybridized carbons (Fsp3) is 0.643. The van der Waals surface area contributed by atoms with Crippen molar-refractivity contribution in [3.63, 3.8) is 0 Å². The highest BCUT2D eigenvalue weighted by Crippen LogP contribution is 2.22. The molecule has 102 valence electrons. The predicted octanol–water partition coefficient (Wildman–Crippen LogP) is 4.93. The molecule has 0 amide bonds. The lowest BCUT2D eigenvalue weighted by molar-refractivity contribution is 0.0662. The van der Waals surface area contributed by atoms with Crippen molar-refractivity contribution in [3.05, 3.63) is 20.8 Å². The molecule has 0 aliphatic rings. The Morgan fingerprint density at radius 3 is 2.78 bits per heavy atom. The number of rotatable bonds is 9. The van der Waals surface area contributed by atoms with E-state index in [1.807, 2.05) is 12.1 Å². The molecule has 0 fully saturated rings. The van der Waals surface area contributed by atoms with Crippen LogP contribution in [0, 0.1) is 5.92 Å². The second-order valence-electron chi connectivity index (χ2n) is 4.46. The third-order valence-corrected chi connectivity index (χ3v) is 4.64. The van der Waals surface area contributed by atoms with E-state index in [-0.39, 0.29) is 12.4 Å². The molecule has 0 bridgehead atoms. The molecule has 1 rings (SSSR count). The largest absolute Gasteiger partial charge is 0.373 e. The molecular weight excluding hydrogens is 312 g/mol. The van der Waals surface area contributed by atoms with Crippen LogP contribution in [0.2, 0.25) is 0 Å². The highest BCUT2D eigenvalue weighted by Gasteiger charge is 2.11. The summed E-state index contributed by atoms with van der Waals surface area (Å²) in [7, 11) is 0. The lowest BCUT2D eigenvalue weighted by Crippen LogP contribution is -2.14. The molecule has 0 aromatic carbocycles. The first kappa shape index (κ1) is 15.9. The number of halogens is 1. The molecule has 0 spiro atoms.